The lowest BCUT2D eigenvalue weighted by Crippen LogP contribution is -2.50. The molecule has 172 valence electrons. The van der Waals surface area contributed by atoms with Crippen LogP contribution >= 0.6 is 0 Å². The normalized spacial score (nSPS) is 18.6. The highest BCUT2D eigenvalue weighted by Gasteiger charge is 2.36. The summed E-state index contributed by atoms with van der Waals surface area (Å²) in [6, 6.07) is 3.31. The van der Waals surface area contributed by atoms with Gasteiger partial charge in [0.05, 0.1) is 22.8 Å². The average Bonchev–Trinajstić information content (AvgIpc) is 3.19. The predicted molar refractivity (Wildman–Crippen MR) is 119 cm³/mol. The second-order valence-electron chi connectivity index (χ2n) is 8.95. The Balaban J connectivity index is 1.60. The van der Waals surface area contributed by atoms with E-state index in [2.05, 4.69) is 49.6 Å². The van der Waals surface area contributed by atoms with Gasteiger partial charge in [-0.25, -0.2) is 15.1 Å². The number of aromatic amines is 2. The van der Waals surface area contributed by atoms with Crippen LogP contribution in [0.25, 0.3) is 32.9 Å². The van der Waals surface area contributed by atoms with Gasteiger partial charge in [-0.15, -0.1) is 0 Å². The van der Waals surface area contributed by atoms with Gasteiger partial charge in [0.2, 0.25) is 5.95 Å². The number of alkyl halides is 3. The van der Waals surface area contributed by atoms with Crippen LogP contribution in [0.2, 0.25) is 0 Å². The number of halogens is 3. The van der Waals surface area contributed by atoms with Gasteiger partial charge in [0, 0.05) is 46.9 Å². The molecule has 8 nitrogen and oxygen atoms in total. The summed E-state index contributed by atoms with van der Waals surface area (Å²) >= 11 is 0. The van der Waals surface area contributed by atoms with Crippen LogP contribution in [-0.2, 0) is 6.18 Å². The monoisotopic (exact) mass is 457 g/mol. The molecule has 1 saturated heterocycles. The maximum Gasteiger partial charge on any atom is 0.419 e. The first-order valence-corrected chi connectivity index (χ1v) is 10.6. The molecular formula is C22H22F3N7O. The first-order chi connectivity index (χ1) is 15.6. The van der Waals surface area contributed by atoms with Crippen LogP contribution < -0.4 is 16.2 Å². The van der Waals surface area contributed by atoms with E-state index in [4.69, 9.17) is 0 Å². The molecule has 4 heterocycles. The van der Waals surface area contributed by atoms with Gasteiger partial charge < -0.3 is 15.6 Å². The molecule has 0 radical (unpaired) electrons. The molecule has 0 spiro atoms. The maximum atomic E-state index is 13.8. The number of aromatic nitrogens is 5. The lowest BCUT2D eigenvalue weighted by molar-refractivity contribution is -0.137. The molecule has 11 heteroatoms. The molecule has 0 saturated carbocycles. The van der Waals surface area contributed by atoms with Crippen molar-refractivity contribution in [3.8, 4) is 11.3 Å². The minimum Gasteiger partial charge on any atom is -0.360 e. The molecular weight excluding hydrogens is 435 g/mol. The summed E-state index contributed by atoms with van der Waals surface area (Å²) in [7, 11) is 0. The summed E-state index contributed by atoms with van der Waals surface area (Å²) in [5.74, 6) is 0.127. The van der Waals surface area contributed by atoms with Crippen LogP contribution in [0.3, 0.4) is 0 Å². The van der Waals surface area contributed by atoms with Gasteiger partial charge in [-0.05, 0) is 26.7 Å². The Kier molecular flexibility index (Phi) is 4.89. The smallest absolute Gasteiger partial charge is 0.360 e. The molecule has 5 rings (SSSR count). The minimum absolute atomic E-state index is 0.000540. The first-order valence-electron chi connectivity index (χ1n) is 10.6. The molecule has 3 aromatic heterocycles. The Hall–Kier alpha value is -3.47. The lowest BCUT2D eigenvalue weighted by Gasteiger charge is -2.36. The van der Waals surface area contributed by atoms with Crippen molar-refractivity contribution in [1.29, 1.82) is 0 Å². The predicted octanol–water partition coefficient (Wildman–Crippen LogP) is 3.82. The molecule has 0 amide bonds. The molecule has 0 bridgehead atoms. The summed E-state index contributed by atoms with van der Waals surface area (Å²) < 4.78 is 41.5. The Morgan fingerprint density at radius 2 is 2.03 bits per heavy atom. The number of fused-ring (bicyclic) bond motifs is 3. The third kappa shape index (κ3) is 3.92. The van der Waals surface area contributed by atoms with Crippen molar-refractivity contribution in [2.24, 2.45) is 0 Å². The number of H-pyrrole nitrogens is 2. The fraction of sp³-hybridized carbons (Fsp3) is 0.364. The summed E-state index contributed by atoms with van der Waals surface area (Å²) in [5, 5.41) is 14.1. The van der Waals surface area contributed by atoms with Gasteiger partial charge in [-0.1, -0.05) is 12.1 Å². The third-order valence-electron chi connectivity index (χ3n) is 6.11. The highest BCUT2D eigenvalue weighted by molar-refractivity contribution is 6.10. The topological polar surface area (TPSA) is 111 Å². The van der Waals surface area contributed by atoms with Crippen molar-refractivity contribution in [2.45, 2.75) is 44.4 Å². The van der Waals surface area contributed by atoms with Gasteiger partial charge >= 0.3 is 6.18 Å². The van der Waals surface area contributed by atoms with Crippen LogP contribution in [0.4, 0.5) is 19.1 Å². The summed E-state index contributed by atoms with van der Waals surface area (Å²) in [5.41, 5.74) is -0.944. The number of nitrogens with one attached hydrogen (secondary N) is 4. The van der Waals surface area contributed by atoms with Crippen LogP contribution in [0, 0.1) is 0 Å². The summed E-state index contributed by atoms with van der Waals surface area (Å²) in [4.78, 5) is 23.5. The number of hydrogen-bond acceptors (Lipinski definition) is 6. The molecule has 0 aliphatic carbocycles. The second kappa shape index (κ2) is 7.55. The zero-order valence-electron chi connectivity index (χ0n) is 18.0. The van der Waals surface area contributed by atoms with Crippen molar-refractivity contribution in [2.75, 3.05) is 11.9 Å². The van der Waals surface area contributed by atoms with E-state index in [1.807, 2.05) is 0 Å². The zero-order chi connectivity index (χ0) is 23.4. The van der Waals surface area contributed by atoms with E-state index in [-0.39, 0.29) is 28.8 Å². The number of nitrogens with zero attached hydrogens (tertiary/aromatic N) is 3. The largest absolute Gasteiger partial charge is 0.419 e. The van der Waals surface area contributed by atoms with Crippen LogP contribution in [0.1, 0.15) is 32.3 Å². The van der Waals surface area contributed by atoms with Gasteiger partial charge in [0.15, 0.2) is 0 Å². The van der Waals surface area contributed by atoms with Crippen molar-refractivity contribution in [3.63, 3.8) is 0 Å². The number of benzene rings is 1. The van der Waals surface area contributed by atoms with Gasteiger partial charge in [0.25, 0.3) is 5.56 Å². The quantitative estimate of drug-likeness (QED) is 0.372. The Morgan fingerprint density at radius 3 is 2.76 bits per heavy atom. The highest BCUT2D eigenvalue weighted by Crippen LogP contribution is 2.39. The van der Waals surface area contributed by atoms with Crippen molar-refractivity contribution in [1.82, 2.24) is 30.5 Å². The van der Waals surface area contributed by atoms with E-state index >= 15 is 0 Å². The third-order valence-corrected chi connectivity index (χ3v) is 6.11. The molecule has 1 atom stereocenters. The molecule has 33 heavy (non-hydrogen) atoms. The molecule has 4 N–H and O–H groups in total. The maximum absolute atomic E-state index is 13.8. The van der Waals surface area contributed by atoms with Crippen LogP contribution in [-0.4, -0.2) is 43.3 Å². The lowest BCUT2D eigenvalue weighted by atomic mass is 9.91. The zero-order valence-corrected chi connectivity index (χ0v) is 18.0. The Labute approximate surface area is 186 Å². The van der Waals surface area contributed by atoms with E-state index in [0.29, 0.717) is 28.2 Å². The molecule has 0 unspecified atom stereocenters. The Morgan fingerprint density at radius 1 is 1.21 bits per heavy atom. The van der Waals surface area contributed by atoms with Crippen molar-refractivity contribution < 1.29 is 13.2 Å². The van der Waals surface area contributed by atoms with Crippen LogP contribution in [0.15, 0.2) is 35.5 Å². The van der Waals surface area contributed by atoms with Gasteiger partial charge in [-0.3, -0.25) is 4.79 Å². The Bertz CT molecular complexity index is 1400. The standard InChI is InChI=1S/C22H22F3N7O/c1-21(2)6-5-12(8-28-21)30-20-27-10-15(22(23,24)25)17(31-20)14-9-26-18-13(14)4-3-11-7-29-32-19(33)16(11)18/h3-4,7,9-10,12,26,28H,5-6,8H2,1-2H3,(H,32,33)(H,27,30,31)/t12-/m0/s1. The summed E-state index contributed by atoms with van der Waals surface area (Å²) in [6.07, 6.45) is 0.848. The molecule has 1 aliphatic heterocycles. The number of hydrogen-bond donors (Lipinski definition) is 4. The highest BCUT2D eigenvalue weighted by atomic mass is 19.4. The van der Waals surface area contributed by atoms with E-state index < -0.39 is 17.3 Å². The summed E-state index contributed by atoms with van der Waals surface area (Å²) in [6.45, 7) is 4.87. The minimum atomic E-state index is -4.65. The fourth-order valence-electron chi connectivity index (χ4n) is 4.27. The van der Waals surface area contributed by atoms with Gasteiger partial charge in [0.1, 0.15) is 5.56 Å². The molecule has 1 aromatic carbocycles. The van der Waals surface area contributed by atoms with Crippen LogP contribution in [0.5, 0.6) is 0 Å². The van der Waals surface area contributed by atoms with E-state index in [9.17, 15) is 18.0 Å². The second-order valence-corrected chi connectivity index (χ2v) is 8.95. The fourth-order valence-corrected chi connectivity index (χ4v) is 4.27. The van der Waals surface area contributed by atoms with Crippen molar-refractivity contribution >= 4 is 27.6 Å². The van der Waals surface area contributed by atoms with E-state index in [0.717, 1.165) is 19.0 Å². The first kappa shape index (κ1) is 21.4. The van der Waals surface area contributed by atoms with E-state index in [1.54, 1.807) is 12.1 Å². The number of anilines is 1. The molecule has 1 aliphatic rings. The average molecular weight is 457 g/mol. The molecule has 1 fully saturated rings. The number of piperidine rings is 1. The number of rotatable bonds is 3. The molecule has 4 aromatic rings. The van der Waals surface area contributed by atoms with E-state index in [1.165, 1.54) is 12.4 Å². The van der Waals surface area contributed by atoms with Crippen molar-refractivity contribution in [3.05, 3.63) is 46.6 Å². The van der Waals surface area contributed by atoms with Gasteiger partial charge in [-0.2, -0.15) is 18.3 Å². The SMILES string of the molecule is CC1(C)CC[C@H](Nc2ncc(C(F)(F)F)c(-c3c[nH]c4c3ccc3cn[nH]c(=O)c34)n2)CN1.